The Labute approximate surface area is 225 Å². The van der Waals surface area contributed by atoms with E-state index in [0.717, 1.165) is 16.7 Å². The van der Waals surface area contributed by atoms with Crippen LogP contribution in [0.1, 0.15) is 42.7 Å². The van der Waals surface area contributed by atoms with Gasteiger partial charge in [0.05, 0.1) is 12.1 Å². The van der Waals surface area contributed by atoms with Crippen LogP contribution in [0.15, 0.2) is 113 Å². The van der Waals surface area contributed by atoms with Gasteiger partial charge in [-0.05, 0) is 23.1 Å². The third-order valence-corrected chi connectivity index (χ3v) is 7.41. The van der Waals surface area contributed by atoms with E-state index in [-0.39, 0.29) is 12.3 Å². The predicted octanol–water partition coefficient (Wildman–Crippen LogP) is 3.11. The van der Waals surface area contributed by atoms with Crippen LogP contribution in [0.4, 0.5) is 0 Å². The molecule has 4 atom stereocenters. The van der Waals surface area contributed by atoms with Crippen molar-refractivity contribution in [2.24, 2.45) is 0 Å². The van der Waals surface area contributed by atoms with Crippen LogP contribution in [0.25, 0.3) is 0 Å². The minimum Gasteiger partial charge on any atom is -0.390 e. The second kappa shape index (κ2) is 11.2. The van der Waals surface area contributed by atoms with Crippen LogP contribution in [-0.4, -0.2) is 38.8 Å². The summed E-state index contributed by atoms with van der Waals surface area (Å²) in [7, 11) is 0. The van der Waals surface area contributed by atoms with E-state index in [0.29, 0.717) is 6.42 Å². The van der Waals surface area contributed by atoms with Gasteiger partial charge in [0.1, 0.15) is 17.7 Å². The summed E-state index contributed by atoms with van der Waals surface area (Å²) in [5.41, 5.74) is 0.120. The molecule has 1 saturated heterocycles. The van der Waals surface area contributed by atoms with Crippen LogP contribution in [0.5, 0.6) is 0 Å². The monoisotopic (exact) mass is 525 g/mol. The van der Waals surface area contributed by atoms with E-state index in [4.69, 9.17) is 4.74 Å². The summed E-state index contributed by atoms with van der Waals surface area (Å²) in [5, 5.41) is 14.2. The zero-order valence-electron chi connectivity index (χ0n) is 21.6. The number of H-pyrrole nitrogens is 1. The maximum Gasteiger partial charge on any atom is 0.330 e. The number of aromatic amines is 1. The van der Waals surface area contributed by atoms with Gasteiger partial charge in [-0.1, -0.05) is 97.9 Å². The van der Waals surface area contributed by atoms with Crippen molar-refractivity contribution >= 4 is 5.91 Å². The van der Waals surface area contributed by atoms with Crippen molar-refractivity contribution in [3.05, 3.63) is 141 Å². The number of aliphatic hydroxyl groups excluding tert-OH is 1. The maximum atomic E-state index is 14.6. The van der Waals surface area contributed by atoms with E-state index in [1.165, 1.54) is 16.8 Å². The number of amides is 1. The maximum absolute atomic E-state index is 14.6. The first-order chi connectivity index (χ1) is 18.9. The molecule has 1 aromatic heterocycles. The number of carbonyl (C=O) groups is 1. The molecule has 0 saturated carbocycles. The van der Waals surface area contributed by atoms with Crippen molar-refractivity contribution in [1.29, 1.82) is 0 Å². The number of hydrogen-bond donors (Lipinski definition) is 3. The summed E-state index contributed by atoms with van der Waals surface area (Å²) in [5.74, 6) is -0.251. The van der Waals surface area contributed by atoms with Crippen LogP contribution in [-0.2, 0) is 14.9 Å². The Morgan fingerprint density at radius 2 is 1.46 bits per heavy atom. The Bertz CT molecular complexity index is 1420. The van der Waals surface area contributed by atoms with E-state index < -0.39 is 41.1 Å². The quantitative estimate of drug-likeness (QED) is 0.306. The van der Waals surface area contributed by atoms with Crippen LogP contribution in [0.2, 0.25) is 0 Å². The number of nitrogens with zero attached hydrogens (tertiary/aromatic N) is 1. The molecule has 0 aliphatic carbocycles. The molecule has 1 aliphatic rings. The van der Waals surface area contributed by atoms with Crippen molar-refractivity contribution in [3.63, 3.8) is 0 Å². The first-order valence-electron chi connectivity index (χ1n) is 13.1. The summed E-state index contributed by atoms with van der Waals surface area (Å²) in [4.78, 5) is 40.7. The lowest BCUT2D eigenvalue weighted by molar-refractivity contribution is -0.127. The molecule has 0 spiro atoms. The number of rotatable bonds is 8. The molecule has 8 nitrogen and oxygen atoms in total. The highest BCUT2D eigenvalue weighted by atomic mass is 16.5. The molecule has 8 heteroatoms. The lowest BCUT2D eigenvalue weighted by atomic mass is 9.68. The number of aromatic nitrogens is 2. The van der Waals surface area contributed by atoms with Gasteiger partial charge in [-0.15, -0.1) is 0 Å². The van der Waals surface area contributed by atoms with E-state index in [1.807, 2.05) is 97.9 Å². The lowest BCUT2D eigenvalue weighted by Crippen LogP contribution is -2.54. The van der Waals surface area contributed by atoms with Gasteiger partial charge in [0, 0.05) is 18.7 Å². The van der Waals surface area contributed by atoms with Gasteiger partial charge < -0.3 is 15.2 Å². The molecule has 3 aromatic carbocycles. The smallest absolute Gasteiger partial charge is 0.330 e. The second-order valence-corrected chi connectivity index (χ2v) is 9.71. The fourth-order valence-corrected chi connectivity index (χ4v) is 5.52. The van der Waals surface area contributed by atoms with Gasteiger partial charge in [-0.25, -0.2) is 4.79 Å². The van der Waals surface area contributed by atoms with Crippen molar-refractivity contribution in [2.75, 3.05) is 0 Å². The highest BCUT2D eigenvalue weighted by molar-refractivity contribution is 5.96. The zero-order valence-corrected chi connectivity index (χ0v) is 21.6. The average Bonchev–Trinajstić information content (AvgIpc) is 3.34. The molecular formula is C31H31N3O5. The van der Waals surface area contributed by atoms with Gasteiger partial charge in [0.2, 0.25) is 5.91 Å². The Kier molecular flexibility index (Phi) is 7.58. The molecule has 4 aromatic rings. The fourth-order valence-electron chi connectivity index (χ4n) is 5.52. The molecule has 1 amide bonds. The number of carbonyl (C=O) groups excluding carboxylic acids is 1. The second-order valence-electron chi connectivity index (χ2n) is 9.71. The molecule has 39 heavy (non-hydrogen) atoms. The Balaban J connectivity index is 1.53. The Morgan fingerprint density at radius 1 is 0.949 bits per heavy atom. The summed E-state index contributed by atoms with van der Waals surface area (Å²) in [6, 6.07) is 29.6. The molecule has 5 rings (SSSR count). The number of ether oxygens (including phenoxy) is 1. The number of nitrogens with one attached hydrogen (secondary N) is 2. The van der Waals surface area contributed by atoms with Gasteiger partial charge >= 0.3 is 5.69 Å². The predicted molar refractivity (Wildman–Crippen MR) is 147 cm³/mol. The third kappa shape index (κ3) is 4.96. The van der Waals surface area contributed by atoms with Crippen LogP contribution in [0, 0.1) is 0 Å². The van der Waals surface area contributed by atoms with E-state index in [9.17, 15) is 19.5 Å². The van der Waals surface area contributed by atoms with Gasteiger partial charge in [0.15, 0.2) is 0 Å². The van der Waals surface area contributed by atoms with Gasteiger partial charge in [-0.3, -0.25) is 19.1 Å². The van der Waals surface area contributed by atoms with E-state index in [2.05, 4.69) is 10.3 Å². The van der Waals surface area contributed by atoms with Gasteiger partial charge in [-0.2, -0.15) is 0 Å². The standard InChI is InChI=1S/C31H31N3O5/c1-2-24(28-25(35)20-27(39-28)34-19-18-26(36)33-30(34)38)32-29(37)31(21-12-6-3-7-13-21,22-14-8-4-9-15-22)23-16-10-5-11-17-23/h3-19,24-25,27-28,35H,2,20H2,1H3,(H,32,37)(H,33,36,38)/t24?,25-,27+,28+/m0/s1. The summed E-state index contributed by atoms with van der Waals surface area (Å²) in [6.45, 7) is 1.91. The minimum atomic E-state index is -1.17. The molecule has 1 unspecified atom stereocenters. The third-order valence-electron chi connectivity index (χ3n) is 7.41. The molecular weight excluding hydrogens is 494 g/mol. The topological polar surface area (TPSA) is 113 Å². The highest BCUT2D eigenvalue weighted by Crippen LogP contribution is 2.40. The fraction of sp³-hybridized carbons (Fsp3) is 0.258. The minimum absolute atomic E-state index is 0.143. The van der Waals surface area contributed by atoms with Crippen molar-refractivity contribution in [2.45, 2.75) is 49.7 Å². The SMILES string of the molecule is CCC(NC(=O)C(c1ccccc1)(c1ccccc1)c1ccccc1)[C@H]1O[C@@H](n2ccc(=O)[nH]c2=O)C[C@@H]1O. The zero-order chi connectivity index (χ0) is 27.4. The van der Waals surface area contributed by atoms with Crippen LogP contribution < -0.4 is 16.6 Å². The highest BCUT2D eigenvalue weighted by Gasteiger charge is 2.47. The molecule has 1 fully saturated rings. The average molecular weight is 526 g/mol. The molecule has 0 radical (unpaired) electrons. The molecule has 2 heterocycles. The van der Waals surface area contributed by atoms with Gasteiger partial charge in [0.25, 0.3) is 5.56 Å². The largest absolute Gasteiger partial charge is 0.390 e. The van der Waals surface area contributed by atoms with Crippen molar-refractivity contribution in [3.8, 4) is 0 Å². The Hall–Kier alpha value is -4.27. The molecule has 3 N–H and O–H groups in total. The van der Waals surface area contributed by atoms with Crippen molar-refractivity contribution < 1.29 is 14.6 Å². The molecule has 0 bridgehead atoms. The van der Waals surface area contributed by atoms with Crippen LogP contribution in [0.3, 0.4) is 0 Å². The normalized spacial score (nSPS) is 19.9. The number of aliphatic hydroxyl groups is 1. The first-order valence-corrected chi connectivity index (χ1v) is 13.1. The van der Waals surface area contributed by atoms with E-state index in [1.54, 1.807) is 0 Å². The number of hydrogen-bond acceptors (Lipinski definition) is 5. The first kappa shape index (κ1) is 26.3. The van der Waals surface area contributed by atoms with E-state index >= 15 is 0 Å². The molecule has 1 aliphatic heterocycles. The summed E-state index contributed by atoms with van der Waals surface area (Å²) < 4.78 is 7.39. The van der Waals surface area contributed by atoms with Crippen LogP contribution >= 0.6 is 0 Å². The Morgan fingerprint density at radius 3 is 1.92 bits per heavy atom. The lowest BCUT2D eigenvalue weighted by Gasteiger charge is -2.37. The van der Waals surface area contributed by atoms with Crippen molar-refractivity contribution in [1.82, 2.24) is 14.9 Å². The molecule has 200 valence electrons. The summed E-state index contributed by atoms with van der Waals surface area (Å²) >= 11 is 0. The number of benzene rings is 3. The summed E-state index contributed by atoms with van der Waals surface area (Å²) in [6.07, 6.45) is -0.491.